The predicted molar refractivity (Wildman–Crippen MR) is 141 cm³/mol. The van der Waals surface area contributed by atoms with Gasteiger partial charge < -0.3 is 4.57 Å². The lowest BCUT2D eigenvalue weighted by Gasteiger charge is -2.16. The van der Waals surface area contributed by atoms with Gasteiger partial charge in [-0.1, -0.05) is 35.9 Å². The number of rotatable bonds is 6. The average Bonchev–Trinajstić information content (AvgIpc) is 3.20. The van der Waals surface area contributed by atoms with Crippen molar-refractivity contribution in [1.29, 1.82) is 0 Å². The van der Waals surface area contributed by atoms with Gasteiger partial charge in [0.2, 0.25) is 0 Å². The summed E-state index contributed by atoms with van der Waals surface area (Å²) in [5, 5.41) is 3.64. The van der Waals surface area contributed by atoms with Gasteiger partial charge in [0.05, 0.1) is 21.8 Å². The van der Waals surface area contributed by atoms with Crippen molar-refractivity contribution in [2.75, 3.05) is 11.7 Å². The first kappa shape index (κ1) is 28.9. The fourth-order valence-electron chi connectivity index (χ4n) is 4.11. The van der Waals surface area contributed by atoms with Gasteiger partial charge in [0.15, 0.2) is 15.5 Å². The number of alkyl halides is 6. The lowest BCUT2D eigenvalue weighted by molar-refractivity contribution is -0.137. The summed E-state index contributed by atoms with van der Waals surface area (Å²) < 4.78 is 108. The van der Waals surface area contributed by atoms with Crippen LogP contribution in [-0.4, -0.2) is 31.1 Å². The number of benzene rings is 3. The van der Waals surface area contributed by atoms with Crippen LogP contribution < -0.4 is 5.43 Å². The van der Waals surface area contributed by atoms with Crippen molar-refractivity contribution in [3.8, 4) is 16.9 Å². The van der Waals surface area contributed by atoms with Gasteiger partial charge in [-0.2, -0.15) is 31.4 Å². The Hall–Kier alpha value is -4.06. The van der Waals surface area contributed by atoms with Crippen LogP contribution in [0.5, 0.6) is 0 Å². The monoisotopic (exact) mass is 579 g/mol. The molecule has 1 heterocycles. The van der Waals surface area contributed by atoms with E-state index in [2.05, 4.69) is 10.5 Å². The number of hydrazone groups is 1. The minimum absolute atomic E-state index is 0.0230. The van der Waals surface area contributed by atoms with Crippen molar-refractivity contribution in [1.82, 2.24) is 4.57 Å². The molecule has 40 heavy (non-hydrogen) atoms. The zero-order valence-electron chi connectivity index (χ0n) is 21.4. The van der Waals surface area contributed by atoms with E-state index >= 15 is 0 Å². The normalized spacial score (nSPS) is 13.0. The minimum atomic E-state index is -4.93. The van der Waals surface area contributed by atoms with Gasteiger partial charge in [-0.15, -0.1) is 0 Å². The molecular weight excluding hydrogens is 556 g/mol. The number of sulfone groups is 1. The Labute approximate surface area is 226 Å². The number of aryl methyl sites for hydroxylation is 1. The summed E-state index contributed by atoms with van der Waals surface area (Å²) in [7, 11) is -3.57. The van der Waals surface area contributed by atoms with Crippen LogP contribution in [0.1, 0.15) is 22.4 Å². The highest BCUT2D eigenvalue weighted by Crippen LogP contribution is 2.36. The first-order valence-electron chi connectivity index (χ1n) is 11.7. The molecule has 0 atom stereocenters. The molecule has 1 N–H and O–H groups in total. The average molecular weight is 580 g/mol. The predicted octanol–water partition coefficient (Wildman–Crippen LogP) is 7.56. The molecule has 0 bridgehead atoms. The molecule has 3 aromatic carbocycles. The van der Waals surface area contributed by atoms with Crippen LogP contribution in [0.4, 0.5) is 32.0 Å². The summed E-state index contributed by atoms with van der Waals surface area (Å²) >= 11 is 0. The molecule has 0 fully saturated rings. The zero-order valence-corrected chi connectivity index (χ0v) is 22.2. The molecule has 0 radical (unpaired) electrons. The quantitative estimate of drug-likeness (QED) is 0.146. The van der Waals surface area contributed by atoms with Crippen molar-refractivity contribution in [3.63, 3.8) is 0 Å². The van der Waals surface area contributed by atoms with E-state index in [1.807, 2.05) is 6.92 Å². The standard InChI is InChI=1S/C28H23F6N3O2S/c1-17-7-11-21(12-8-17)35-36-26(28(32,33)34)24-16-25(19-9-13-23(14-10-19)40(3,38)39)37(18(24)2)22-6-4-5-20(15-22)27(29,30)31/h4-16,35H,1-3H3. The molecule has 0 unspecified atom stereocenters. The van der Waals surface area contributed by atoms with Crippen molar-refractivity contribution in [2.45, 2.75) is 31.1 Å². The minimum Gasteiger partial charge on any atom is -0.313 e. The molecule has 0 saturated heterocycles. The van der Waals surface area contributed by atoms with E-state index in [1.54, 1.807) is 24.3 Å². The number of nitrogens with zero attached hydrogens (tertiary/aromatic N) is 2. The Balaban J connectivity index is 1.94. The Morgan fingerprint density at radius 1 is 0.850 bits per heavy atom. The summed E-state index contributed by atoms with van der Waals surface area (Å²) in [6.45, 7) is 3.16. The molecule has 0 aliphatic rings. The molecule has 210 valence electrons. The number of aromatic nitrogens is 1. The maximum Gasteiger partial charge on any atom is 0.435 e. The second kappa shape index (κ2) is 10.5. The highest BCUT2D eigenvalue weighted by molar-refractivity contribution is 7.90. The van der Waals surface area contributed by atoms with Crippen molar-refractivity contribution in [2.24, 2.45) is 5.10 Å². The van der Waals surface area contributed by atoms with Gasteiger partial charge in [0, 0.05) is 23.2 Å². The molecule has 4 rings (SSSR count). The number of nitrogens with one attached hydrogen (secondary N) is 1. The Morgan fingerprint density at radius 3 is 2.02 bits per heavy atom. The highest BCUT2D eigenvalue weighted by Gasteiger charge is 2.40. The van der Waals surface area contributed by atoms with E-state index < -0.39 is 33.5 Å². The summed E-state index contributed by atoms with van der Waals surface area (Å²) in [5.41, 5.74) is 1.31. The lowest BCUT2D eigenvalue weighted by atomic mass is 10.1. The highest BCUT2D eigenvalue weighted by atomic mass is 32.2. The van der Waals surface area contributed by atoms with E-state index in [9.17, 15) is 34.8 Å². The van der Waals surface area contributed by atoms with Crippen molar-refractivity contribution >= 4 is 21.2 Å². The van der Waals surface area contributed by atoms with Crippen molar-refractivity contribution in [3.05, 3.63) is 101 Å². The number of halogens is 6. The van der Waals surface area contributed by atoms with Crippen LogP contribution in [-0.2, 0) is 16.0 Å². The number of hydrogen-bond acceptors (Lipinski definition) is 4. The van der Waals surface area contributed by atoms with Crippen LogP contribution in [0.3, 0.4) is 0 Å². The third-order valence-corrected chi connectivity index (χ3v) is 7.26. The molecule has 0 spiro atoms. The third kappa shape index (κ3) is 6.22. The van der Waals surface area contributed by atoms with E-state index in [-0.39, 0.29) is 33.1 Å². The fraction of sp³-hybridized carbons (Fsp3) is 0.179. The van der Waals surface area contributed by atoms with Gasteiger partial charge in [0.25, 0.3) is 0 Å². The second-order valence-corrected chi connectivity index (χ2v) is 11.2. The second-order valence-electron chi connectivity index (χ2n) is 9.14. The van der Waals surface area contributed by atoms with Crippen LogP contribution in [0.15, 0.2) is 88.9 Å². The van der Waals surface area contributed by atoms with Crippen LogP contribution in [0, 0.1) is 13.8 Å². The topological polar surface area (TPSA) is 63.5 Å². The number of anilines is 1. The molecule has 5 nitrogen and oxygen atoms in total. The van der Waals surface area contributed by atoms with Gasteiger partial charge >= 0.3 is 12.4 Å². The largest absolute Gasteiger partial charge is 0.435 e. The number of hydrogen-bond donors (Lipinski definition) is 1. The van der Waals surface area contributed by atoms with E-state index in [4.69, 9.17) is 0 Å². The molecule has 0 amide bonds. The first-order valence-corrected chi connectivity index (χ1v) is 13.6. The lowest BCUT2D eigenvalue weighted by Crippen LogP contribution is -2.26. The van der Waals surface area contributed by atoms with Crippen molar-refractivity contribution < 1.29 is 34.8 Å². The summed E-state index contributed by atoms with van der Waals surface area (Å²) in [6, 6.07) is 17.2. The van der Waals surface area contributed by atoms with E-state index in [0.29, 0.717) is 5.69 Å². The third-order valence-electron chi connectivity index (χ3n) is 6.13. The van der Waals surface area contributed by atoms with Crippen LogP contribution >= 0.6 is 0 Å². The van der Waals surface area contributed by atoms with E-state index in [1.165, 1.54) is 47.9 Å². The maximum atomic E-state index is 14.3. The molecule has 12 heteroatoms. The first-order chi connectivity index (χ1) is 18.6. The molecule has 1 aromatic heterocycles. The molecule has 4 aromatic rings. The SMILES string of the molecule is Cc1ccc(NN=C(c2cc(-c3ccc(S(C)(=O)=O)cc3)n(-c3cccc(C(F)(F)F)c3)c2C)C(F)(F)F)cc1. The maximum absolute atomic E-state index is 14.3. The molecule has 0 aliphatic heterocycles. The molecular formula is C28H23F6N3O2S. The van der Waals surface area contributed by atoms with Gasteiger partial charge in [-0.3, -0.25) is 5.43 Å². The summed E-state index contributed by atoms with van der Waals surface area (Å²) in [6.07, 6.45) is -8.61. The zero-order chi connectivity index (χ0) is 29.5. The van der Waals surface area contributed by atoms with Gasteiger partial charge in [-0.05, 0) is 67.9 Å². The van der Waals surface area contributed by atoms with E-state index in [0.717, 1.165) is 30.0 Å². The summed E-state index contributed by atoms with van der Waals surface area (Å²) in [5.74, 6) is 0. The molecule has 0 saturated carbocycles. The Bertz CT molecular complexity index is 1670. The smallest absolute Gasteiger partial charge is 0.313 e. The van der Waals surface area contributed by atoms with Gasteiger partial charge in [-0.25, -0.2) is 8.42 Å². The molecule has 0 aliphatic carbocycles. The summed E-state index contributed by atoms with van der Waals surface area (Å²) in [4.78, 5) is -0.0230. The fourth-order valence-corrected chi connectivity index (χ4v) is 4.74. The Kier molecular flexibility index (Phi) is 7.59. The van der Waals surface area contributed by atoms with Crippen LogP contribution in [0.25, 0.3) is 16.9 Å². The van der Waals surface area contributed by atoms with Gasteiger partial charge in [0.1, 0.15) is 0 Å². The Morgan fingerprint density at radius 2 is 1.48 bits per heavy atom. The van der Waals surface area contributed by atoms with Crippen LogP contribution in [0.2, 0.25) is 0 Å².